The molecule has 0 spiro atoms. The van der Waals surface area contributed by atoms with E-state index < -0.39 is 0 Å². The van der Waals surface area contributed by atoms with Crippen molar-refractivity contribution in [2.75, 3.05) is 14.1 Å². The number of benzene rings is 1. The summed E-state index contributed by atoms with van der Waals surface area (Å²) >= 11 is 0. The number of nitrogens with one attached hydrogen (secondary N) is 1. The van der Waals surface area contributed by atoms with Gasteiger partial charge < -0.3 is 0 Å². The first-order valence-corrected chi connectivity index (χ1v) is 5.19. The van der Waals surface area contributed by atoms with E-state index in [2.05, 4.69) is 5.43 Å². The Labute approximate surface area is 95.2 Å². The second-order valence-electron chi connectivity index (χ2n) is 4.23. The standard InChI is InChI=1S/C12H17FN2O/c1-8(2)10-6-5-9(7-11(10)13)12(16)14-15(3)4/h5-8H,1-4H3,(H,14,16). The van der Waals surface area contributed by atoms with Crippen LogP contribution in [0.2, 0.25) is 0 Å². The highest BCUT2D eigenvalue weighted by molar-refractivity contribution is 5.93. The molecule has 0 aliphatic rings. The predicted molar refractivity (Wildman–Crippen MR) is 61.6 cm³/mol. The van der Waals surface area contributed by atoms with E-state index in [-0.39, 0.29) is 17.6 Å². The van der Waals surface area contributed by atoms with Crippen molar-refractivity contribution in [2.24, 2.45) is 0 Å². The van der Waals surface area contributed by atoms with Gasteiger partial charge in [0.15, 0.2) is 0 Å². The van der Waals surface area contributed by atoms with Crippen LogP contribution in [-0.4, -0.2) is 25.0 Å². The highest BCUT2D eigenvalue weighted by Gasteiger charge is 2.11. The Kier molecular flexibility index (Phi) is 4.01. The van der Waals surface area contributed by atoms with Crippen LogP contribution in [-0.2, 0) is 0 Å². The number of rotatable bonds is 3. The maximum atomic E-state index is 13.6. The zero-order valence-corrected chi connectivity index (χ0v) is 10.0. The SMILES string of the molecule is CC(C)c1ccc(C(=O)NN(C)C)cc1F. The van der Waals surface area contributed by atoms with Crippen LogP contribution < -0.4 is 5.43 Å². The lowest BCUT2D eigenvalue weighted by Gasteiger charge is -2.13. The van der Waals surface area contributed by atoms with Crippen molar-refractivity contribution in [3.63, 3.8) is 0 Å². The van der Waals surface area contributed by atoms with Gasteiger partial charge in [-0.2, -0.15) is 0 Å². The summed E-state index contributed by atoms with van der Waals surface area (Å²) in [7, 11) is 3.41. The van der Waals surface area contributed by atoms with Gasteiger partial charge in [0, 0.05) is 19.7 Å². The molecule has 0 atom stereocenters. The molecular formula is C12H17FN2O. The third-order valence-electron chi connectivity index (χ3n) is 2.21. The van der Waals surface area contributed by atoms with Gasteiger partial charge in [0.25, 0.3) is 5.91 Å². The Morgan fingerprint density at radius 3 is 2.44 bits per heavy atom. The zero-order valence-electron chi connectivity index (χ0n) is 10.0. The number of hydrazine groups is 1. The number of carbonyl (C=O) groups is 1. The third-order valence-corrected chi connectivity index (χ3v) is 2.21. The lowest BCUT2D eigenvalue weighted by atomic mass is 10.0. The van der Waals surface area contributed by atoms with Crippen molar-refractivity contribution < 1.29 is 9.18 Å². The summed E-state index contributed by atoms with van der Waals surface area (Å²) in [5.41, 5.74) is 3.52. The number of hydrogen-bond acceptors (Lipinski definition) is 2. The largest absolute Gasteiger partial charge is 0.285 e. The normalized spacial score (nSPS) is 10.9. The quantitative estimate of drug-likeness (QED) is 0.798. The highest BCUT2D eigenvalue weighted by atomic mass is 19.1. The van der Waals surface area contributed by atoms with Crippen molar-refractivity contribution in [2.45, 2.75) is 19.8 Å². The summed E-state index contributed by atoms with van der Waals surface area (Å²) < 4.78 is 13.6. The fraction of sp³-hybridized carbons (Fsp3) is 0.417. The summed E-state index contributed by atoms with van der Waals surface area (Å²) in [6.45, 7) is 3.83. The van der Waals surface area contributed by atoms with Gasteiger partial charge >= 0.3 is 0 Å². The maximum absolute atomic E-state index is 13.6. The minimum Gasteiger partial charge on any atom is -0.285 e. The first-order chi connectivity index (χ1) is 7.41. The predicted octanol–water partition coefficient (Wildman–Crippen LogP) is 2.16. The molecule has 4 heteroatoms. The van der Waals surface area contributed by atoms with Crippen molar-refractivity contribution >= 4 is 5.91 Å². The van der Waals surface area contributed by atoms with Gasteiger partial charge in [-0.3, -0.25) is 10.2 Å². The van der Waals surface area contributed by atoms with Crippen molar-refractivity contribution in [3.05, 3.63) is 35.1 Å². The molecule has 3 nitrogen and oxygen atoms in total. The monoisotopic (exact) mass is 224 g/mol. The summed E-state index contributed by atoms with van der Waals surface area (Å²) in [6.07, 6.45) is 0. The van der Waals surface area contributed by atoms with E-state index >= 15 is 0 Å². The van der Waals surface area contributed by atoms with E-state index in [1.165, 1.54) is 11.1 Å². The molecule has 0 aliphatic heterocycles. The van der Waals surface area contributed by atoms with Crippen LogP contribution >= 0.6 is 0 Å². The lowest BCUT2D eigenvalue weighted by molar-refractivity contribution is 0.0856. The summed E-state index contributed by atoms with van der Waals surface area (Å²) in [4.78, 5) is 11.6. The Bertz CT molecular complexity index is 389. The van der Waals surface area contributed by atoms with Crippen LogP contribution in [0.4, 0.5) is 4.39 Å². The number of amides is 1. The van der Waals surface area contributed by atoms with Gasteiger partial charge in [-0.25, -0.2) is 9.40 Å². The third kappa shape index (κ3) is 3.03. The van der Waals surface area contributed by atoms with Crippen LogP contribution in [0.3, 0.4) is 0 Å². The lowest BCUT2D eigenvalue weighted by Crippen LogP contribution is -2.36. The van der Waals surface area contributed by atoms with Crippen LogP contribution in [0.5, 0.6) is 0 Å². The topological polar surface area (TPSA) is 32.3 Å². The van der Waals surface area contributed by atoms with Gasteiger partial charge in [-0.15, -0.1) is 0 Å². The summed E-state index contributed by atoms with van der Waals surface area (Å²) in [5, 5.41) is 1.52. The molecule has 1 N–H and O–H groups in total. The molecule has 0 radical (unpaired) electrons. The van der Waals surface area contributed by atoms with Gasteiger partial charge in [-0.1, -0.05) is 19.9 Å². The zero-order chi connectivity index (χ0) is 12.3. The molecule has 0 aromatic heterocycles. The molecule has 1 amide bonds. The Hall–Kier alpha value is -1.42. The van der Waals surface area contributed by atoms with Gasteiger partial charge in [0.1, 0.15) is 5.82 Å². The molecule has 0 fully saturated rings. The summed E-state index contributed by atoms with van der Waals surface area (Å²) in [6, 6.07) is 4.57. The minimum absolute atomic E-state index is 0.117. The summed E-state index contributed by atoms with van der Waals surface area (Å²) in [5.74, 6) is -0.522. The van der Waals surface area contributed by atoms with Crippen molar-refractivity contribution in [1.29, 1.82) is 0 Å². The maximum Gasteiger partial charge on any atom is 0.265 e. The average Bonchev–Trinajstić information content (AvgIpc) is 2.15. The van der Waals surface area contributed by atoms with Crippen molar-refractivity contribution in [3.8, 4) is 0 Å². The van der Waals surface area contributed by atoms with Gasteiger partial charge in [0.05, 0.1) is 0 Å². The van der Waals surface area contributed by atoms with E-state index in [1.807, 2.05) is 13.8 Å². The number of halogens is 1. The van der Waals surface area contributed by atoms with Crippen molar-refractivity contribution in [1.82, 2.24) is 10.4 Å². The molecule has 1 aromatic carbocycles. The molecule has 0 unspecified atom stereocenters. The van der Waals surface area contributed by atoms with E-state index in [0.717, 1.165) is 0 Å². The molecule has 0 bridgehead atoms. The van der Waals surface area contributed by atoms with Crippen LogP contribution in [0, 0.1) is 5.82 Å². The molecule has 88 valence electrons. The Balaban J connectivity index is 2.93. The van der Waals surface area contributed by atoms with E-state index in [9.17, 15) is 9.18 Å². The fourth-order valence-corrected chi connectivity index (χ4v) is 1.40. The van der Waals surface area contributed by atoms with Crippen LogP contribution in [0.15, 0.2) is 18.2 Å². The molecule has 1 aromatic rings. The van der Waals surface area contributed by atoms with E-state index in [1.54, 1.807) is 26.2 Å². The van der Waals surface area contributed by atoms with Crippen LogP contribution in [0.25, 0.3) is 0 Å². The molecule has 0 saturated heterocycles. The average molecular weight is 224 g/mol. The molecule has 0 aliphatic carbocycles. The highest BCUT2D eigenvalue weighted by Crippen LogP contribution is 2.19. The van der Waals surface area contributed by atoms with Gasteiger partial charge in [-0.05, 0) is 23.6 Å². The molecule has 0 saturated carbocycles. The molecular weight excluding hydrogens is 207 g/mol. The molecule has 0 heterocycles. The van der Waals surface area contributed by atoms with Crippen LogP contribution in [0.1, 0.15) is 35.7 Å². The minimum atomic E-state index is -0.332. The first kappa shape index (κ1) is 12.6. The smallest absolute Gasteiger partial charge is 0.265 e. The first-order valence-electron chi connectivity index (χ1n) is 5.19. The second kappa shape index (κ2) is 5.07. The van der Waals surface area contributed by atoms with E-state index in [4.69, 9.17) is 0 Å². The molecule has 16 heavy (non-hydrogen) atoms. The number of hydrogen-bond donors (Lipinski definition) is 1. The van der Waals surface area contributed by atoms with E-state index in [0.29, 0.717) is 11.1 Å². The number of nitrogens with zero attached hydrogens (tertiary/aromatic N) is 1. The Morgan fingerprint density at radius 1 is 1.38 bits per heavy atom. The van der Waals surface area contributed by atoms with Gasteiger partial charge in [0.2, 0.25) is 0 Å². The Morgan fingerprint density at radius 2 is 2.00 bits per heavy atom. The fourth-order valence-electron chi connectivity index (χ4n) is 1.40. The number of carbonyl (C=O) groups excluding carboxylic acids is 1. The second-order valence-corrected chi connectivity index (χ2v) is 4.23. The molecule has 1 rings (SSSR count).